The van der Waals surface area contributed by atoms with E-state index in [1.807, 2.05) is 30.4 Å². The molecular formula is C14H17NO. The SMILES string of the molecule is NCC1(CO)C=CC(c2ccccc2)C=C1. The summed E-state index contributed by atoms with van der Waals surface area (Å²) in [6.07, 6.45) is 8.26. The normalized spacial score (nSPS) is 28.2. The number of hydrogen-bond donors (Lipinski definition) is 2. The molecule has 0 aromatic heterocycles. The molecule has 0 aliphatic heterocycles. The Balaban J connectivity index is 2.18. The van der Waals surface area contributed by atoms with Gasteiger partial charge in [-0.15, -0.1) is 0 Å². The summed E-state index contributed by atoms with van der Waals surface area (Å²) in [4.78, 5) is 0. The molecule has 0 amide bonds. The Kier molecular flexibility index (Phi) is 3.22. The lowest BCUT2D eigenvalue weighted by Crippen LogP contribution is -2.31. The maximum absolute atomic E-state index is 9.32. The van der Waals surface area contributed by atoms with E-state index < -0.39 is 0 Å². The van der Waals surface area contributed by atoms with E-state index in [0.717, 1.165) is 0 Å². The van der Waals surface area contributed by atoms with E-state index >= 15 is 0 Å². The number of benzene rings is 1. The third kappa shape index (κ3) is 2.08. The average molecular weight is 215 g/mol. The number of allylic oxidation sites excluding steroid dienone is 2. The molecule has 16 heavy (non-hydrogen) atoms. The summed E-state index contributed by atoms with van der Waals surface area (Å²) in [5, 5.41) is 9.32. The summed E-state index contributed by atoms with van der Waals surface area (Å²) in [6, 6.07) is 10.3. The summed E-state index contributed by atoms with van der Waals surface area (Å²) in [7, 11) is 0. The van der Waals surface area contributed by atoms with Crippen molar-refractivity contribution < 1.29 is 5.11 Å². The molecule has 0 spiro atoms. The van der Waals surface area contributed by atoms with Crippen LogP contribution in [0.15, 0.2) is 54.6 Å². The molecule has 2 heteroatoms. The van der Waals surface area contributed by atoms with Crippen molar-refractivity contribution in [2.75, 3.05) is 13.2 Å². The van der Waals surface area contributed by atoms with Gasteiger partial charge >= 0.3 is 0 Å². The van der Waals surface area contributed by atoms with E-state index in [1.54, 1.807) is 0 Å². The third-order valence-corrected chi connectivity index (χ3v) is 3.13. The standard InChI is InChI=1S/C14H17NO/c15-10-14(11-16)8-6-13(7-9-14)12-4-2-1-3-5-12/h1-9,13,16H,10-11,15H2. The highest BCUT2D eigenvalue weighted by Crippen LogP contribution is 2.30. The Morgan fingerprint density at radius 3 is 2.25 bits per heavy atom. The van der Waals surface area contributed by atoms with E-state index in [1.165, 1.54) is 5.56 Å². The first kappa shape index (κ1) is 11.1. The zero-order valence-corrected chi connectivity index (χ0v) is 9.21. The van der Waals surface area contributed by atoms with Gasteiger partial charge in [0, 0.05) is 17.9 Å². The van der Waals surface area contributed by atoms with Crippen LogP contribution >= 0.6 is 0 Å². The van der Waals surface area contributed by atoms with Crippen molar-refractivity contribution in [3.8, 4) is 0 Å². The van der Waals surface area contributed by atoms with Crippen molar-refractivity contribution in [2.45, 2.75) is 5.92 Å². The predicted octanol–water partition coefficient (Wildman–Crippen LogP) is 1.83. The van der Waals surface area contributed by atoms with Crippen LogP contribution < -0.4 is 5.73 Å². The van der Waals surface area contributed by atoms with Crippen molar-refractivity contribution in [1.82, 2.24) is 0 Å². The molecule has 1 aliphatic carbocycles. The van der Waals surface area contributed by atoms with Gasteiger partial charge in [0.25, 0.3) is 0 Å². The van der Waals surface area contributed by atoms with Gasteiger partial charge in [0.05, 0.1) is 6.61 Å². The first-order valence-electron chi connectivity index (χ1n) is 5.54. The van der Waals surface area contributed by atoms with Crippen LogP contribution in [0.3, 0.4) is 0 Å². The van der Waals surface area contributed by atoms with Crippen LogP contribution in [0.5, 0.6) is 0 Å². The average Bonchev–Trinajstić information content (AvgIpc) is 2.40. The molecule has 0 saturated carbocycles. The van der Waals surface area contributed by atoms with E-state index in [2.05, 4.69) is 24.3 Å². The van der Waals surface area contributed by atoms with Crippen LogP contribution in [0.2, 0.25) is 0 Å². The van der Waals surface area contributed by atoms with Crippen molar-refractivity contribution in [2.24, 2.45) is 11.1 Å². The maximum Gasteiger partial charge on any atom is 0.0569 e. The molecule has 1 aromatic rings. The molecule has 0 saturated heterocycles. The monoisotopic (exact) mass is 215 g/mol. The number of rotatable bonds is 3. The minimum absolute atomic E-state index is 0.0675. The molecule has 0 bridgehead atoms. The first-order valence-corrected chi connectivity index (χ1v) is 5.54. The van der Waals surface area contributed by atoms with Gasteiger partial charge in [0.1, 0.15) is 0 Å². The van der Waals surface area contributed by atoms with Crippen LogP contribution in [-0.2, 0) is 0 Å². The highest BCUT2D eigenvalue weighted by Gasteiger charge is 2.24. The van der Waals surface area contributed by atoms with Crippen LogP contribution in [-0.4, -0.2) is 18.3 Å². The van der Waals surface area contributed by atoms with E-state index in [0.29, 0.717) is 12.5 Å². The fourth-order valence-corrected chi connectivity index (χ4v) is 1.91. The second-order valence-electron chi connectivity index (χ2n) is 4.25. The largest absolute Gasteiger partial charge is 0.395 e. The quantitative estimate of drug-likeness (QED) is 0.756. The predicted molar refractivity (Wildman–Crippen MR) is 66.0 cm³/mol. The molecule has 2 nitrogen and oxygen atoms in total. The third-order valence-electron chi connectivity index (χ3n) is 3.13. The van der Waals surface area contributed by atoms with Gasteiger partial charge in [-0.3, -0.25) is 0 Å². The minimum atomic E-state index is -0.356. The number of aliphatic hydroxyl groups is 1. The molecule has 0 fully saturated rings. The van der Waals surface area contributed by atoms with Gasteiger partial charge in [-0.25, -0.2) is 0 Å². The van der Waals surface area contributed by atoms with Crippen LogP contribution in [0.4, 0.5) is 0 Å². The minimum Gasteiger partial charge on any atom is -0.395 e. The fraction of sp³-hybridized carbons (Fsp3) is 0.286. The molecule has 1 aliphatic rings. The lowest BCUT2D eigenvalue weighted by molar-refractivity contribution is 0.210. The van der Waals surface area contributed by atoms with E-state index in [9.17, 15) is 5.11 Å². The van der Waals surface area contributed by atoms with Crippen molar-refractivity contribution in [3.63, 3.8) is 0 Å². The summed E-state index contributed by atoms with van der Waals surface area (Å²) in [5.74, 6) is 0.299. The fourth-order valence-electron chi connectivity index (χ4n) is 1.91. The number of aliphatic hydroxyl groups excluding tert-OH is 1. The van der Waals surface area contributed by atoms with Gasteiger partial charge in [-0.05, 0) is 5.56 Å². The highest BCUT2D eigenvalue weighted by atomic mass is 16.3. The Morgan fingerprint density at radius 1 is 1.12 bits per heavy atom. The van der Waals surface area contributed by atoms with Gasteiger partial charge < -0.3 is 10.8 Å². The van der Waals surface area contributed by atoms with Crippen LogP contribution in [0, 0.1) is 5.41 Å². The second kappa shape index (κ2) is 4.64. The zero-order chi connectivity index (χ0) is 11.4. The Bertz CT molecular complexity index is 374. The summed E-state index contributed by atoms with van der Waals surface area (Å²) in [6.45, 7) is 0.510. The summed E-state index contributed by atoms with van der Waals surface area (Å²) >= 11 is 0. The molecule has 3 N–H and O–H groups in total. The molecule has 2 rings (SSSR count). The first-order chi connectivity index (χ1) is 7.79. The summed E-state index contributed by atoms with van der Waals surface area (Å²) < 4.78 is 0. The Morgan fingerprint density at radius 2 is 1.75 bits per heavy atom. The topological polar surface area (TPSA) is 46.2 Å². The zero-order valence-electron chi connectivity index (χ0n) is 9.21. The van der Waals surface area contributed by atoms with Gasteiger partial charge in [0.2, 0.25) is 0 Å². The summed E-state index contributed by atoms with van der Waals surface area (Å²) in [5.41, 5.74) is 6.58. The lowest BCUT2D eigenvalue weighted by atomic mass is 9.80. The molecule has 0 atom stereocenters. The van der Waals surface area contributed by atoms with Crippen LogP contribution in [0.25, 0.3) is 0 Å². The van der Waals surface area contributed by atoms with Crippen LogP contribution in [0.1, 0.15) is 11.5 Å². The second-order valence-corrected chi connectivity index (χ2v) is 4.25. The Labute approximate surface area is 96.1 Å². The van der Waals surface area contributed by atoms with Crippen molar-refractivity contribution in [3.05, 3.63) is 60.2 Å². The maximum atomic E-state index is 9.32. The number of nitrogens with two attached hydrogens (primary N) is 1. The highest BCUT2D eigenvalue weighted by molar-refractivity contribution is 5.34. The molecule has 84 valence electrons. The lowest BCUT2D eigenvalue weighted by Gasteiger charge is -2.27. The molecule has 1 aromatic carbocycles. The molecule has 0 unspecified atom stereocenters. The van der Waals surface area contributed by atoms with E-state index in [-0.39, 0.29) is 12.0 Å². The van der Waals surface area contributed by atoms with Crippen molar-refractivity contribution >= 4 is 0 Å². The van der Waals surface area contributed by atoms with Gasteiger partial charge in [-0.2, -0.15) is 0 Å². The van der Waals surface area contributed by atoms with E-state index in [4.69, 9.17) is 5.73 Å². The number of hydrogen-bond acceptors (Lipinski definition) is 2. The molecular weight excluding hydrogens is 198 g/mol. The molecule has 0 heterocycles. The van der Waals surface area contributed by atoms with Gasteiger partial charge in [0.15, 0.2) is 0 Å². The van der Waals surface area contributed by atoms with Crippen molar-refractivity contribution in [1.29, 1.82) is 0 Å². The molecule has 0 radical (unpaired) electrons. The smallest absolute Gasteiger partial charge is 0.0569 e. The van der Waals surface area contributed by atoms with Gasteiger partial charge in [-0.1, -0.05) is 54.6 Å². The Hall–Kier alpha value is -1.38.